The van der Waals surface area contributed by atoms with Crippen molar-refractivity contribution in [1.82, 2.24) is 0 Å². The third-order valence-electron chi connectivity index (χ3n) is 13.9. The van der Waals surface area contributed by atoms with Crippen LogP contribution in [0.15, 0.2) is 122 Å². The van der Waals surface area contributed by atoms with Crippen molar-refractivity contribution >= 4 is 17.9 Å². The molecule has 1 atom stereocenters. The van der Waals surface area contributed by atoms with Crippen molar-refractivity contribution in [2.75, 3.05) is 13.2 Å². The predicted octanol–water partition coefficient (Wildman–Crippen LogP) is 22.8. The highest BCUT2D eigenvalue weighted by Crippen LogP contribution is 2.16. The molecule has 0 N–H and O–H groups in total. The van der Waals surface area contributed by atoms with Crippen LogP contribution in [-0.4, -0.2) is 37.2 Å². The molecular formula is C73H122O6. The molecule has 1 unspecified atom stereocenters. The van der Waals surface area contributed by atoms with E-state index in [1.807, 2.05) is 0 Å². The molecule has 0 saturated carbocycles. The zero-order valence-corrected chi connectivity index (χ0v) is 51.6. The molecule has 79 heavy (non-hydrogen) atoms. The Balaban J connectivity index is 4.26. The van der Waals surface area contributed by atoms with E-state index in [1.54, 1.807) is 0 Å². The Hall–Kier alpha value is -4.19. The highest BCUT2D eigenvalue weighted by Gasteiger charge is 2.19. The summed E-state index contributed by atoms with van der Waals surface area (Å²) in [6.45, 7) is 6.37. The summed E-state index contributed by atoms with van der Waals surface area (Å²) >= 11 is 0. The molecule has 0 bridgehead atoms. The normalized spacial score (nSPS) is 12.9. The molecule has 0 aromatic heterocycles. The molecule has 0 aromatic carbocycles. The minimum Gasteiger partial charge on any atom is -0.462 e. The van der Waals surface area contributed by atoms with Crippen LogP contribution in [0.3, 0.4) is 0 Å². The zero-order valence-electron chi connectivity index (χ0n) is 51.6. The van der Waals surface area contributed by atoms with Crippen LogP contribution in [0.5, 0.6) is 0 Å². The highest BCUT2D eigenvalue weighted by atomic mass is 16.6. The van der Waals surface area contributed by atoms with Crippen LogP contribution in [0, 0.1) is 0 Å². The smallest absolute Gasteiger partial charge is 0.306 e. The lowest BCUT2D eigenvalue weighted by Gasteiger charge is -2.18. The van der Waals surface area contributed by atoms with E-state index in [0.717, 1.165) is 128 Å². The minimum absolute atomic E-state index is 0.102. The van der Waals surface area contributed by atoms with Crippen LogP contribution < -0.4 is 0 Å². The van der Waals surface area contributed by atoms with Crippen LogP contribution >= 0.6 is 0 Å². The number of hydrogen-bond donors (Lipinski definition) is 0. The van der Waals surface area contributed by atoms with Gasteiger partial charge in [-0.05, 0) is 128 Å². The van der Waals surface area contributed by atoms with Crippen LogP contribution in [0.4, 0.5) is 0 Å². The fourth-order valence-corrected chi connectivity index (χ4v) is 9.04. The molecule has 0 fully saturated rings. The zero-order chi connectivity index (χ0) is 57.1. The number of rotatable bonds is 59. The summed E-state index contributed by atoms with van der Waals surface area (Å²) in [5.74, 6) is -0.957. The van der Waals surface area contributed by atoms with Gasteiger partial charge in [0.25, 0.3) is 0 Å². The maximum atomic E-state index is 12.9. The van der Waals surface area contributed by atoms with Gasteiger partial charge in [-0.3, -0.25) is 14.4 Å². The summed E-state index contributed by atoms with van der Waals surface area (Å²) < 4.78 is 16.9. The van der Waals surface area contributed by atoms with Gasteiger partial charge in [-0.2, -0.15) is 0 Å². The molecule has 0 aromatic rings. The SMILES string of the molecule is CC/C=C\C/C=C\C/C=C\C/C=C\CCCCC(=O)OC(COC(=O)CCCCCCC/C=C\C/C=C\C/C=C\CC)COC(=O)CCCCCCCCCCCCCCCCCC/C=C\C/C=C\C/C=C\CCCCCCC. The van der Waals surface area contributed by atoms with E-state index in [4.69, 9.17) is 14.2 Å². The van der Waals surface area contributed by atoms with Crippen LogP contribution in [-0.2, 0) is 28.6 Å². The van der Waals surface area contributed by atoms with E-state index in [2.05, 4.69) is 142 Å². The molecule has 6 nitrogen and oxygen atoms in total. The first-order valence-corrected chi connectivity index (χ1v) is 33.0. The Morgan fingerprint density at radius 2 is 0.494 bits per heavy atom. The van der Waals surface area contributed by atoms with E-state index >= 15 is 0 Å². The summed E-state index contributed by atoms with van der Waals surface area (Å²) in [6.07, 6.45) is 92.3. The van der Waals surface area contributed by atoms with Gasteiger partial charge < -0.3 is 14.2 Å². The Morgan fingerprint density at radius 3 is 0.797 bits per heavy atom. The summed E-state index contributed by atoms with van der Waals surface area (Å²) in [5, 5.41) is 0. The summed E-state index contributed by atoms with van der Waals surface area (Å²) in [6, 6.07) is 0. The van der Waals surface area contributed by atoms with Crippen molar-refractivity contribution in [2.45, 2.75) is 309 Å². The van der Waals surface area contributed by atoms with E-state index in [0.29, 0.717) is 19.3 Å². The number of hydrogen-bond acceptors (Lipinski definition) is 6. The quantitative estimate of drug-likeness (QED) is 0.0261. The van der Waals surface area contributed by atoms with Crippen molar-refractivity contribution in [1.29, 1.82) is 0 Å². The van der Waals surface area contributed by atoms with Gasteiger partial charge in [0.1, 0.15) is 13.2 Å². The molecule has 0 radical (unpaired) electrons. The standard InChI is InChI=1S/C73H122O6/c1-4-7-10-13-16-19-22-25-28-29-30-31-32-33-34-35-36-37-38-39-40-41-42-43-46-48-51-54-57-60-63-66-72(75)78-69-70(79-73(76)67-64-61-58-55-52-49-45-27-24-21-18-15-12-9-6-3)68-77-71(74)65-62-59-56-53-50-47-44-26-23-20-17-14-11-8-5-2/h8-9,11-12,17-18,20-22,25-27,29-30,32-33,44-45,52,55,70H,4-7,10,13-16,19,23-24,28,31,34-43,46-51,53-54,56-69H2,1-3H3/b11-8-,12-9-,20-17-,21-18-,25-22-,30-29-,33-32-,44-26-,45-27-,55-52-. The van der Waals surface area contributed by atoms with Gasteiger partial charge in [0.15, 0.2) is 6.10 Å². The lowest BCUT2D eigenvalue weighted by Crippen LogP contribution is -2.30. The molecule has 6 heteroatoms. The summed E-state index contributed by atoms with van der Waals surface area (Å²) in [5.41, 5.74) is 0. The average Bonchev–Trinajstić information content (AvgIpc) is 3.45. The van der Waals surface area contributed by atoms with Crippen molar-refractivity contribution in [3.05, 3.63) is 122 Å². The molecular weight excluding hydrogens is 973 g/mol. The summed E-state index contributed by atoms with van der Waals surface area (Å²) in [7, 11) is 0. The Morgan fingerprint density at radius 1 is 0.266 bits per heavy atom. The first kappa shape index (κ1) is 74.8. The topological polar surface area (TPSA) is 78.9 Å². The molecule has 0 heterocycles. The number of carbonyl (C=O) groups excluding carboxylic acids is 3. The fraction of sp³-hybridized carbons (Fsp3) is 0.685. The molecule has 0 aliphatic rings. The minimum atomic E-state index is -0.810. The number of allylic oxidation sites excluding steroid dienone is 20. The molecule has 0 spiro atoms. The van der Waals surface area contributed by atoms with Gasteiger partial charge >= 0.3 is 17.9 Å². The third kappa shape index (κ3) is 64.5. The fourth-order valence-electron chi connectivity index (χ4n) is 9.04. The van der Waals surface area contributed by atoms with Crippen molar-refractivity contribution in [3.63, 3.8) is 0 Å². The highest BCUT2D eigenvalue weighted by molar-refractivity contribution is 5.71. The number of unbranched alkanes of at least 4 members (excludes halogenated alkanes) is 28. The Bertz CT molecular complexity index is 1640. The molecule has 0 rings (SSSR count). The number of carbonyl (C=O) groups is 3. The Labute approximate surface area is 488 Å². The van der Waals surface area contributed by atoms with E-state index < -0.39 is 6.10 Å². The van der Waals surface area contributed by atoms with Crippen LogP contribution in [0.25, 0.3) is 0 Å². The van der Waals surface area contributed by atoms with Gasteiger partial charge in [0, 0.05) is 19.3 Å². The van der Waals surface area contributed by atoms with Crippen molar-refractivity contribution < 1.29 is 28.6 Å². The first-order chi connectivity index (χ1) is 39.0. The van der Waals surface area contributed by atoms with Gasteiger partial charge in [-0.25, -0.2) is 0 Å². The van der Waals surface area contributed by atoms with E-state index in [-0.39, 0.29) is 37.5 Å². The first-order valence-electron chi connectivity index (χ1n) is 33.0. The second-order valence-corrected chi connectivity index (χ2v) is 21.6. The van der Waals surface area contributed by atoms with Gasteiger partial charge in [-0.15, -0.1) is 0 Å². The van der Waals surface area contributed by atoms with E-state index in [9.17, 15) is 14.4 Å². The molecule has 0 saturated heterocycles. The Kier molecular flexibility index (Phi) is 62.8. The van der Waals surface area contributed by atoms with Crippen molar-refractivity contribution in [2.24, 2.45) is 0 Å². The molecule has 0 amide bonds. The molecule has 450 valence electrons. The average molecular weight is 1100 g/mol. The molecule has 0 aliphatic heterocycles. The van der Waals surface area contributed by atoms with Gasteiger partial charge in [0.05, 0.1) is 0 Å². The lowest BCUT2D eigenvalue weighted by molar-refractivity contribution is -0.167. The van der Waals surface area contributed by atoms with Crippen LogP contribution in [0.1, 0.15) is 303 Å². The van der Waals surface area contributed by atoms with Crippen molar-refractivity contribution in [3.8, 4) is 0 Å². The van der Waals surface area contributed by atoms with Crippen LogP contribution in [0.2, 0.25) is 0 Å². The summed E-state index contributed by atoms with van der Waals surface area (Å²) in [4.78, 5) is 38.3. The van der Waals surface area contributed by atoms with E-state index in [1.165, 1.54) is 128 Å². The molecule has 0 aliphatic carbocycles. The second-order valence-electron chi connectivity index (χ2n) is 21.6. The monoisotopic (exact) mass is 1090 g/mol. The second kappa shape index (κ2) is 66.3. The van der Waals surface area contributed by atoms with Gasteiger partial charge in [0.2, 0.25) is 0 Å². The maximum absolute atomic E-state index is 12.9. The number of esters is 3. The third-order valence-corrected chi connectivity index (χ3v) is 13.9. The largest absolute Gasteiger partial charge is 0.462 e. The lowest BCUT2D eigenvalue weighted by atomic mass is 10.0. The number of ether oxygens (including phenoxy) is 3. The van der Waals surface area contributed by atoms with Gasteiger partial charge in [-0.1, -0.05) is 277 Å². The maximum Gasteiger partial charge on any atom is 0.306 e. The predicted molar refractivity (Wildman–Crippen MR) is 343 cm³/mol.